The SMILES string of the molecule is CC1(C)CCC(C)(C)c2cc(C(=O)c3ccc(I)cc3)ccc21. The van der Waals surface area contributed by atoms with Gasteiger partial charge in [0.25, 0.3) is 0 Å². The van der Waals surface area contributed by atoms with Crippen LogP contribution in [0.4, 0.5) is 0 Å². The van der Waals surface area contributed by atoms with Crippen molar-refractivity contribution >= 4 is 28.4 Å². The number of fused-ring (bicyclic) bond motifs is 1. The fourth-order valence-electron chi connectivity index (χ4n) is 3.50. The largest absolute Gasteiger partial charge is 0.289 e. The lowest BCUT2D eigenvalue weighted by Crippen LogP contribution is -2.34. The monoisotopic (exact) mass is 418 g/mol. The van der Waals surface area contributed by atoms with Crippen LogP contribution in [0.1, 0.15) is 67.6 Å². The van der Waals surface area contributed by atoms with Crippen LogP contribution in [-0.2, 0) is 10.8 Å². The average Bonchev–Trinajstić information content (AvgIpc) is 2.52. The van der Waals surface area contributed by atoms with E-state index in [9.17, 15) is 4.79 Å². The van der Waals surface area contributed by atoms with Crippen LogP contribution in [0.5, 0.6) is 0 Å². The van der Waals surface area contributed by atoms with Gasteiger partial charge in [0.15, 0.2) is 5.78 Å². The Morgan fingerprint density at radius 2 is 1.35 bits per heavy atom. The fourth-order valence-corrected chi connectivity index (χ4v) is 3.86. The highest BCUT2D eigenvalue weighted by Crippen LogP contribution is 2.46. The maximum atomic E-state index is 12.8. The van der Waals surface area contributed by atoms with Crippen molar-refractivity contribution in [1.82, 2.24) is 0 Å². The third kappa shape index (κ3) is 3.10. The van der Waals surface area contributed by atoms with Crippen LogP contribution in [0.25, 0.3) is 0 Å². The summed E-state index contributed by atoms with van der Waals surface area (Å²) in [5.74, 6) is 0.114. The summed E-state index contributed by atoms with van der Waals surface area (Å²) in [5, 5.41) is 0. The summed E-state index contributed by atoms with van der Waals surface area (Å²) in [6.45, 7) is 9.20. The molecule has 0 saturated heterocycles. The number of rotatable bonds is 2. The first kappa shape index (κ1) is 16.7. The summed E-state index contributed by atoms with van der Waals surface area (Å²) in [7, 11) is 0. The number of hydrogen-bond acceptors (Lipinski definition) is 1. The van der Waals surface area contributed by atoms with E-state index in [1.54, 1.807) is 0 Å². The minimum absolute atomic E-state index is 0.114. The van der Waals surface area contributed by atoms with Crippen LogP contribution in [0.2, 0.25) is 0 Å². The summed E-state index contributed by atoms with van der Waals surface area (Å²) < 4.78 is 1.15. The van der Waals surface area contributed by atoms with Gasteiger partial charge in [-0.2, -0.15) is 0 Å². The van der Waals surface area contributed by atoms with E-state index in [0.717, 1.165) is 21.1 Å². The highest BCUT2D eigenvalue weighted by atomic mass is 127. The third-order valence-corrected chi connectivity index (χ3v) is 5.94. The predicted octanol–water partition coefficient (Wildman–Crippen LogP) is 5.87. The van der Waals surface area contributed by atoms with E-state index < -0.39 is 0 Å². The Balaban J connectivity index is 2.06. The van der Waals surface area contributed by atoms with E-state index in [1.165, 1.54) is 17.5 Å². The molecule has 0 saturated carbocycles. The standard InChI is InChI=1S/C21H23IO/c1-20(2)11-12-21(3,4)18-13-15(7-10-17(18)20)19(23)14-5-8-16(22)9-6-14/h5-10,13H,11-12H2,1-4H3. The van der Waals surface area contributed by atoms with Crippen LogP contribution >= 0.6 is 22.6 Å². The first-order valence-corrected chi connectivity index (χ1v) is 9.24. The summed E-state index contributed by atoms with van der Waals surface area (Å²) in [6.07, 6.45) is 2.35. The molecule has 0 N–H and O–H groups in total. The van der Waals surface area contributed by atoms with Crippen LogP contribution in [0.3, 0.4) is 0 Å². The van der Waals surface area contributed by atoms with Gasteiger partial charge in [-0.25, -0.2) is 0 Å². The number of ketones is 1. The van der Waals surface area contributed by atoms with Gasteiger partial charge in [0.05, 0.1) is 0 Å². The zero-order valence-electron chi connectivity index (χ0n) is 14.2. The Kier molecular flexibility index (Phi) is 4.16. The van der Waals surface area contributed by atoms with Crippen LogP contribution in [0, 0.1) is 3.57 Å². The molecular weight excluding hydrogens is 395 g/mol. The van der Waals surface area contributed by atoms with Crippen LogP contribution in [0.15, 0.2) is 42.5 Å². The molecule has 1 aliphatic carbocycles. The molecule has 120 valence electrons. The van der Waals surface area contributed by atoms with Gasteiger partial charge in [-0.05, 0) is 87.7 Å². The predicted molar refractivity (Wildman–Crippen MR) is 104 cm³/mol. The number of carbonyl (C=O) groups is 1. The fraction of sp³-hybridized carbons (Fsp3) is 0.381. The first-order chi connectivity index (χ1) is 10.7. The van der Waals surface area contributed by atoms with Gasteiger partial charge < -0.3 is 0 Å². The Labute approximate surface area is 152 Å². The summed E-state index contributed by atoms with van der Waals surface area (Å²) in [4.78, 5) is 12.8. The lowest BCUT2D eigenvalue weighted by Gasteiger charge is -2.42. The number of halogens is 1. The zero-order chi connectivity index (χ0) is 16.8. The molecule has 0 heterocycles. The van der Waals surface area contributed by atoms with Gasteiger partial charge in [0.1, 0.15) is 0 Å². The van der Waals surface area contributed by atoms with Crippen molar-refractivity contribution in [3.63, 3.8) is 0 Å². The second-order valence-corrected chi connectivity index (χ2v) is 9.11. The smallest absolute Gasteiger partial charge is 0.193 e. The Morgan fingerprint density at radius 1 is 0.826 bits per heavy atom. The normalized spacial score (nSPS) is 18.3. The maximum absolute atomic E-state index is 12.8. The van der Waals surface area contributed by atoms with E-state index in [-0.39, 0.29) is 16.6 Å². The van der Waals surface area contributed by atoms with Crippen molar-refractivity contribution in [1.29, 1.82) is 0 Å². The number of hydrogen-bond donors (Lipinski definition) is 0. The average molecular weight is 418 g/mol. The molecule has 0 bridgehead atoms. The van der Waals surface area contributed by atoms with Gasteiger partial charge in [0, 0.05) is 14.7 Å². The molecule has 0 unspecified atom stereocenters. The highest BCUT2D eigenvalue weighted by molar-refractivity contribution is 14.1. The van der Waals surface area contributed by atoms with E-state index >= 15 is 0 Å². The van der Waals surface area contributed by atoms with Gasteiger partial charge in [-0.3, -0.25) is 4.79 Å². The van der Waals surface area contributed by atoms with Crippen molar-refractivity contribution in [2.24, 2.45) is 0 Å². The summed E-state index contributed by atoms with van der Waals surface area (Å²) in [6, 6.07) is 14.1. The summed E-state index contributed by atoms with van der Waals surface area (Å²) in [5.41, 5.74) is 4.62. The zero-order valence-corrected chi connectivity index (χ0v) is 16.4. The minimum Gasteiger partial charge on any atom is -0.289 e. The molecule has 2 aromatic carbocycles. The molecular formula is C21H23IO. The van der Waals surface area contributed by atoms with Gasteiger partial charge in [0.2, 0.25) is 0 Å². The van der Waals surface area contributed by atoms with E-state index in [1.807, 2.05) is 30.3 Å². The van der Waals surface area contributed by atoms with Crippen molar-refractivity contribution in [2.75, 3.05) is 0 Å². The number of benzene rings is 2. The molecule has 2 heteroatoms. The van der Waals surface area contributed by atoms with Gasteiger partial charge in [-0.15, -0.1) is 0 Å². The molecule has 1 nitrogen and oxygen atoms in total. The molecule has 0 aliphatic heterocycles. The minimum atomic E-state index is 0.114. The Hall–Kier alpha value is -1.16. The highest BCUT2D eigenvalue weighted by Gasteiger charge is 2.37. The van der Waals surface area contributed by atoms with Gasteiger partial charge in [-0.1, -0.05) is 39.8 Å². The van der Waals surface area contributed by atoms with E-state index in [4.69, 9.17) is 0 Å². The second-order valence-electron chi connectivity index (χ2n) is 7.86. The molecule has 3 rings (SSSR count). The quantitative estimate of drug-likeness (QED) is 0.440. The maximum Gasteiger partial charge on any atom is 0.193 e. The Bertz CT molecular complexity index is 754. The molecule has 0 spiro atoms. The second kappa shape index (κ2) is 5.73. The van der Waals surface area contributed by atoms with Crippen LogP contribution in [-0.4, -0.2) is 5.78 Å². The van der Waals surface area contributed by atoms with E-state index in [0.29, 0.717) is 0 Å². The molecule has 0 aromatic heterocycles. The van der Waals surface area contributed by atoms with Crippen molar-refractivity contribution in [3.8, 4) is 0 Å². The lowest BCUT2D eigenvalue weighted by molar-refractivity contribution is 0.103. The topological polar surface area (TPSA) is 17.1 Å². The summed E-state index contributed by atoms with van der Waals surface area (Å²) >= 11 is 2.26. The molecule has 23 heavy (non-hydrogen) atoms. The van der Waals surface area contributed by atoms with Crippen LogP contribution < -0.4 is 0 Å². The molecule has 0 radical (unpaired) electrons. The van der Waals surface area contributed by atoms with Crippen molar-refractivity contribution in [2.45, 2.75) is 51.4 Å². The molecule has 0 atom stereocenters. The van der Waals surface area contributed by atoms with Gasteiger partial charge >= 0.3 is 0 Å². The molecule has 2 aromatic rings. The van der Waals surface area contributed by atoms with Crippen molar-refractivity contribution in [3.05, 3.63) is 68.3 Å². The van der Waals surface area contributed by atoms with Crippen molar-refractivity contribution < 1.29 is 4.79 Å². The number of carbonyl (C=O) groups excluding carboxylic acids is 1. The first-order valence-electron chi connectivity index (χ1n) is 8.16. The molecule has 0 amide bonds. The molecule has 0 fully saturated rings. The lowest BCUT2D eigenvalue weighted by atomic mass is 9.63. The molecule has 1 aliphatic rings. The Morgan fingerprint density at radius 3 is 1.96 bits per heavy atom. The third-order valence-electron chi connectivity index (χ3n) is 5.22. The van der Waals surface area contributed by atoms with E-state index in [2.05, 4.69) is 62.4 Å².